The van der Waals surface area contributed by atoms with E-state index in [0.717, 1.165) is 0 Å². The van der Waals surface area contributed by atoms with E-state index < -0.39 is 0 Å². The molecular formula is C11H15ClN2O3. The number of hydrogen-bond acceptors (Lipinski definition) is 4. The van der Waals surface area contributed by atoms with Crippen molar-refractivity contribution in [1.29, 1.82) is 0 Å². The largest absolute Gasteiger partial charge is 0.481 e. The molecular weight excluding hydrogens is 244 g/mol. The van der Waals surface area contributed by atoms with E-state index in [9.17, 15) is 4.79 Å². The molecule has 1 aromatic heterocycles. The Bertz CT molecular complexity index is 373. The van der Waals surface area contributed by atoms with Gasteiger partial charge in [0.1, 0.15) is 0 Å². The maximum Gasteiger partial charge on any atom is 0.258 e. The molecule has 1 aromatic rings. The first-order valence-electron chi connectivity index (χ1n) is 5.15. The molecule has 1 amide bonds. The number of carbonyl (C=O) groups excluding carboxylic acids is 1. The van der Waals surface area contributed by atoms with Crippen LogP contribution in [-0.2, 0) is 9.53 Å². The lowest BCUT2D eigenvalue weighted by molar-refractivity contribution is -0.124. The molecule has 0 saturated carbocycles. The summed E-state index contributed by atoms with van der Waals surface area (Å²) >= 11 is 5.78. The normalized spacial score (nSPS) is 11.9. The zero-order valence-electron chi connectivity index (χ0n) is 9.77. The predicted octanol–water partition coefficient (Wildman–Crippen LogP) is 1.26. The number of halogens is 1. The minimum atomic E-state index is -0.227. The number of aromatic nitrogens is 1. The first-order valence-corrected chi connectivity index (χ1v) is 5.53. The predicted molar refractivity (Wildman–Crippen MR) is 64.2 cm³/mol. The van der Waals surface area contributed by atoms with Gasteiger partial charge in [0.25, 0.3) is 5.91 Å². The fraction of sp³-hybridized carbons (Fsp3) is 0.455. The average Bonchev–Trinajstić information content (AvgIpc) is 2.28. The Morgan fingerprint density at radius 2 is 2.41 bits per heavy atom. The van der Waals surface area contributed by atoms with E-state index >= 15 is 0 Å². The van der Waals surface area contributed by atoms with Gasteiger partial charge >= 0.3 is 0 Å². The number of carbonyl (C=O) groups is 1. The molecule has 0 bridgehead atoms. The number of methoxy groups -OCH3 is 1. The third-order valence-corrected chi connectivity index (χ3v) is 2.19. The topological polar surface area (TPSA) is 60.5 Å². The lowest BCUT2D eigenvalue weighted by Gasteiger charge is -2.13. The second-order valence-electron chi connectivity index (χ2n) is 3.50. The summed E-state index contributed by atoms with van der Waals surface area (Å²) in [6.07, 6.45) is 1.55. The van der Waals surface area contributed by atoms with Crippen LogP contribution in [0.3, 0.4) is 0 Å². The van der Waals surface area contributed by atoms with E-state index in [1.807, 2.05) is 6.92 Å². The standard InChI is InChI=1S/C11H15ClN2O3/c1-8(6-16-2)14-10(15)7-17-9-4-3-5-13-11(9)12/h3-5,8H,6-7H2,1-2H3,(H,14,15)/t8-/m0/s1. The molecule has 0 saturated heterocycles. The van der Waals surface area contributed by atoms with Gasteiger partial charge in [0.2, 0.25) is 0 Å². The van der Waals surface area contributed by atoms with Gasteiger partial charge in [-0.3, -0.25) is 4.79 Å². The van der Waals surface area contributed by atoms with Crippen LogP contribution in [-0.4, -0.2) is 37.3 Å². The summed E-state index contributed by atoms with van der Waals surface area (Å²) in [5.41, 5.74) is 0. The van der Waals surface area contributed by atoms with Gasteiger partial charge in [-0.1, -0.05) is 11.6 Å². The lowest BCUT2D eigenvalue weighted by Crippen LogP contribution is -2.38. The Balaban J connectivity index is 2.36. The fourth-order valence-electron chi connectivity index (χ4n) is 1.23. The first-order chi connectivity index (χ1) is 8.13. The second-order valence-corrected chi connectivity index (χ2v) is 3.86. The molecule has 0 fully saturated rings. The molecule has 1 atom stereocenters. The van der Waals surface area contributed by atoms with Gasteiger partial charge in [-0.25, -0.2) is 4.98 Å². The van der Waals surface area contributed by atoms with Gasteiger partial charge in [0.15, 0.2) is 17.5 Å². The molecule has 0 aliphatic carbocycles. The average molecular weight is 259 g/mol. The number of rotatable bonds is 6. The maximum atomic E-state index is 11.5. The molecule has 0 unspecified atom stereocenters. The smallest absolute Gasteiger partial charge is 0.258 e. The molecule has 1 heterocycles. The van der Waals surface area contributed by atoms with Gasteiger partial charge in [0, 0.05) is 19.3 Å². The van der Waals surface area contributed by atoms with E-state index in [1.54, 1.807) is 25.4 Å². The van der Waals surface area contributed by atoms with Crippen LogP contribution >= 0.6 is 11.6 Å². The molecule has 0 aliphatic rings. The van der Waals surface area contributed by atoms with Gasteiger partial charge < -0.3 is 14.8 Å². The van der Waals surface area contributed by atoms with Crippen LogP contribution in [0, 0.1) is 0 Å². The summed E-state index contributed by atoms with van der Waals surface area (Å²) in [4.78, 5) is 15.3. The van der Waals surface area contributed by atoms with Crippen molar-refractivity contribution < 1.29 is 14.3 Å². The highest BCUT2D eigenvalue weighted by Gasteiger charge is 2.09. The summed E-state index contributed by atoms with van der Waals surface area (Å²) < 4.78 is 10.1. The number of nitrogens with zero attached hydrogens (tertiary/aromatic N) is 1. The minimum Gasteiger partial charge on any atom is -0.481 e. The first kappa shape index (κ1) is 13.7. The van der Waals surface area contributed by atoms with Crippen molar-refractivity contribution in [2.24, 2.45) is 0 Å². The third-order valence-electron chi connectivity index (χ3n) is 1.91. The van der Waals surface area contributed by atoms with Crippen molar-refractivity contribution >= 4 is 17.5 Å². The quantitative estimate of drug-likeness (QED) is 0.781. The number of nitrogens with one attached hydrogen (secondary N) is 1. The van der Waals surface area contributed by atoms with Crippen molar-refractivity contribution in [2.75, 3.05) is 20.3 Å². The third kappa shape index (κ3) is 5.01. The van der Waals surface area contributed by atoms with Crippen molar-refractivity contribution in [1.82, 2.24) is 10.3 Å². The number of ether oxygens (including phenoxy) is 2. The van der Waals surface area contributed by atoms with Crippen LogP contribution in [0.25, 0.3) is 0 Å². The highest BCUT2D eigenvalue weighted by atomic mass is 35.5. The summed E-state index contributed by atoms with van der Waals surface area (Å²) in [5, 5.41) is 2.96. The van der Waals surface area contributed by atoms with Crippen LogP contribution in [0.15, 0.2) is 18.3 Å². The van der Waals surface area contributed by atoms with Crippen molar-refractivity contribution in [2.45, 2.75) is 13.0 Å². The Kier molecular flexibility index (Phi) is 5.72. The second kappa shape index (κ2) is 7.09. The molecule has 17 heavy (non-hydrogen) atoms. The minimum absolute atomic E-state index is 0.0551. The van der Waals surface area contributed by atoms with Crippen LogP contribution in [0.2, 0.25) is 5.15 Å². The van der Waals surface area contributed by atoms with Crippen LogP contribution in [0.1, 0.15) is 6.92 Å². The molecule has 1 rings (SSSR count). The highest BCUT2D eigenvalue weighted by molar-refractivity contribution is 6.30. The van der Waals surface area contributed by atoms with Crippen molar-refractivity contribution in [3.05, 3.63) is 23.5 Å². The van der Waals surface area contributed by atoms with E-state index in [-0.39, 0.29) is 23.7 Å². The molecule has 6 heteroatoms. The summed E-state index contributed by atoms with van der Waals surface area (Å²) in [5.74, 6) is 0.165. The van der Waals surface area contributed by atoms with Gasteiger partial charge in [-0.2, -0.15) is 0 Å². The molecule has 94 valence electrons. The van der Waals surface area contributed by atoms with E-state index in [2.05, 4.69) is 10.3 Å². The Morgan fingerprint density at radius 1 is 1.65 bits per heavy atom. The Labute approximate surface area is 105 Å². The van der Waals surface area contributed by atoms with E-state index in [4.69, 9.17) is 21.1 Å². The summed E-state index contributed by atoms with van der Waals surface area (Å²) in [7, 11) is 1.58. The summed E-state index contributed by atoms with van der Waals surface area (Å²) in [6, 6.07) is 3.29. The Hall–Kier alpha value is -1.33. The van der Waals surface area contributed by atoms with E-state index in [1.165, 1.54) is 0 Å². The maximum absolute atomic E-state index is 11.5. The fourth-order valence-corrected chi connectivity index (χ4v) is 1.40. The molecule has 0 spiro atoms. The molecule has 0 aliphatic heterocycles. The van der Waals surface area contributed by atoms with Gasteiger partial charge in [-0.05, 0) is 19.1 Å². The van der Waals surface area contributed by atoms with Crippen molar-refractivity contribution in [3.63, 3.8) is 0 Å². The van der Waals surface area contributed by atoms with Crippen LogP contribution in [0.5, 0.6) is 5.75 Å². The Morgan fingerprint density at radius 3 is 3.06 bits per heavy atom. The van der Waals surface area contributed by atoms with Gasteiger partial charge in [0.05, 0.1) is 6.61 Å². The number of hydrogen-bond donors (Lipinski definition) is 1. The van der Waals surface area contributed by atoms with Crippen LogP contribution in [0.4, 0.5) is 0 Å². The lowest BCUT2D eigenvalue weighted by atomic mass is 10.3. The molecule has 0 radical (unpaired) electrons. The number of pyridine rings is 1. The SMILES string of the molecule is COC[C@H](C)NC(=O)COc1cccnc1Cl. The summed E-state index contributed by atoms with van der Waals surface area (Å²) in [6.45, 7) is 2.21. The highest BCUT2D eigenvalue weighted by Crippen LogP contribution is 2.19. The van der Waals surface area contributed by atoms with Gasteiger partial charge in [-0.15, -0.1) is 0 Å². The van der Waals surface area contributed by atoms with Crippen LogP contribution < -0.4 is 10.1 Å². The zero-order chi connectivity index (χ0) is 12.7. The molecule has 1 N–H and O–H groups in total. The van der Waals surface area contributed by atoms with E-state index in [0.29, 0.717) is 12.4 Å². The monoisotopic (exact) mass is 258 g/mol. The molecule has 0 aromatic carbocycles. The molecule has 5 nitrogen and oxygen atoms in total. The number of amides is 1. The zero-order valence-corrected chi connectivity index (χ0v) is 10.5. The van der Waals surface area contributed by atoms with Crippen molar-refractivity contribution in [3.8, 4) is 5.75 Å².